The van der Waals surface area contributed by atoms with Gasteiger partial charge >= 0.3 is 11.8 Å². The molecule has 0 unspecified atom stereocenters. The molecule has 0 fully saturated rings. The summed E-state index contributed by atoms with van der Waals surface area (Å²) in [5, 5.41) is 6.92. The summed E-state index contributed by atoms with van der Waals surface area (Å²) < 4.78 is 12.3. The fourth-order valence-corrected chi connectivity index (χ4v) is 3.46. The van der Waals surface area contributed by atoms with Crippen LogP contribution in [-0.2, 0) is 9.59 Å². The van der Waals surface area contributed by atoms with Gasteiger partial charge in [-0.05, 0) is 50.2 Å². The first-order valence-electron chi connectivity index (χ1n) is 9.65. The molecule has 0 radical (unpaired) electrons. The molecule has 2 N–H and O–H groups in total. The van der Waals surface area contributed by atoms with E-state index in [0.29, 0.717) is 22.2 Å². The van der Waals surface area contributed by atoms with E-state index in [1.807, 2.05) is 36.6 Å². The molecule has 166 valence electrons. The maximum absolute atomic E-state index is 12.1. The Hall–Kier alpha value is -3.78. The van der Waals surface area contributed by atoms with Gasteiger partial charge in [0.15, 0.2) is 0 Å². The van der Waals surface area contributed by atoms with Crippen LogP contribution in [0.4, 0.5) is 5.69 Å². The number of amides is 2. The Bertz CT molecular complexity index is 1190. The number of nitrogens with zero attached hydrogens (tertiary/aromatic N) is 2. The largest absolute Gasteiger partial charge is 0.497 e. The quantitative estimate of drug-likeness (QED) is 0.336. The number of aryl methyl sites for hydroxylation is 1. The summed E-state index contributed by atoms with van der Waals surface area (Å²) in [5.74, 6) is -0.571. The number of hydrogen-bond acceptors (Lipinski definition) is 5. The van der Waals surface area contributed by atoms with Gasteiger partial charge < -0.3 is 19.4 Å². The van der Waals surface area contributed by atoms with Crippen LogP contribution in [0.5, 0.6) is 11.5 Å². The second kappa shape index (κ2) is 10.0. The summed E-state index contributed by atoms with van der Waals surface area (Å²) in [7, 11) is 3.08. The molecule has 2 amide bonds. The topological polar surface area (TPSA) is 94.0 Å². The highest BCUT2D eigenvalue weighted by molar-refractivity contribution is 6.39. The standard InChI is InChI=1S/C23H23ClN4O4/c1-14-10-16(15(2)28(14)18-8-9-21(32-4)20(24)12-18)13-25-27-23(30)22(29)26-17-6-5-7-19(11-17)31-3/h5-13H,1-4H3,(H,26,29)(H,27,30)/b25-13-. The minimum absolute atomic E-state index is 0.440. The van der Waals surface area contributed by atoms with Gasteiger partial charge in [-0.2, -0.15) is 5.10 Å². The van der Waals surface area contributed by atoms with Crippen molar-refractivity contribution in [2.75, 3.05) is 19.5 Å². The van der Waals surface area contributed by atoms with Gasteiger partial charge in [-0.25, -0.2) is 5.43 Å². The summed E-state index contributed by atoms with van der Waals surface area (Å²) >= 11 is 6.26. The summed E-state index contributed by atoms with van der Waals surface area (Å²) in [6.45, 7) is 3.87. The lowest BCUT2D eigenvalue weighted by atomic mass is 10.2. The van der Waals surface area contributed by atoms with Gasteiger partial charge in [-0.1, -0.05) is 17.7 Å². The maximum atomic E-state index is 12.1. The predicted molar refractivity (Wildman–Crippen MR) is 124 cm³/mol. The van der Waals surface area contributed by atoms with Crippen LogP contribution in [0.25, 0.3) is 5.69 Å². The van der Waals surface area contributed by atoms with Gasteiger partial charge in [0, 0.05) is 34.4 Å². The van der Waals surface area contributed by atoms with Gasteiger partial charge in [0.05, 0.1) is 25.5 Å². The lowest BCUT2D eigenvalue weighted by Crippen LogP contribution is -2.32. The van der Waals surface area contributed by atoms with E-state index in [2.05, 4.69) is 15.8 Å². The van der Waals surface area contributed by atoms with Crippen molar-refractivity contribution in [1.29, 1.82) is 0 Å². The van der Waals surface area contributed by atoms with Crippen LogP contribution >= 0.6 is 11.6 Å². The van der Waals surface area contributed by atoms with E-state index in [4.69, 9.17) is 21.1 Å². The Morgan fingerprint density at radius 2 is 1.81 bits per heavy atom. The Balaban J connectivity index is 1.69. The fourth-order valence-electron chi connectivity index (χ4n) is 3.21. The third-order valence-corrected chi connectivity index (χ3v) is 5.06. The molecule has 0 saturated heterocycles. The second-order valence-electron chi connectivity index (χ2n) is 6.87. The molecule has 1 aromatic heterocycles. The molecule has 9 heteroatoms. The van der Waals surface area contributed by atoms with Crippen molar-refractivity contribution in [2.24, 2.45) is 5.10 Å². The third kappa shape index (κ3) is 5.09. The summed E-state index contributed by atoms with van der Waals surface area (Å²) in [4.78, 5) is 24.2. The molecule has 8 nitrogen and oxygen atoms in total. The van der Waals surface area contributed by atoms with Crippen molar-refractivity contribution in [2.45, 2.75) is 13.8 Å². The monoisotopic (exact) mass is 454 g/mol. The van der Waals surface area contributed by atoms with E-state index in [0.717, 1.165) is 22.6 Å². The molecule has 0 saturated carbocycles. The first-order valence-corrected chi connectivity index (χ1v) is 10.0. The molecule has 2 aromatic carbocycles. The summed E-state index contributed by atoms with van der Waals surface area (Å²) in [6, 6.07) is 14.1. The van der Waals surface area contributed by atoms with Gasteiger partial charge in [-0.3, -0.25) is 9.59 Å². The Morgan fingerprint density at radius 3 is 2.50 bits per heavy atom. The first kappa shape index (κ1) is 22.9. The zero-order valence-electron chi connectivity index (χ0n) is 18.1. The van der Waals surface area contributed by atoms with E-state index in [1.165, 1.54) is 13.3 Å². The van der Waals surface area contributed by atoms with E-state index in [1.54, 1.807) is 37.4 Å². The van der Waals surface area contributed by atoms with E-state index < -0.39 is 11.8 Å². The minimum Gasteiger partial charge on any atom is -0.497 e. The number of halogens is 1. The molecule has 0 atom stereocenters. The van der Waals surface area contributed by atoms with E-state index in [9.17, 15) is 9.59 Å². The van der Waals surface area contributed by atoms with Crippen LogP contribution in [0, 0.1) is 13.8 Å². The second-order valence-corrected chi connectivity index (χ2v) is 7.27. The number of ether oxygens (including phenoxy) is 2. The van der Waals surface area contributed by atoms with Crippen LogP contribution in [0.1, 0.15) is 17.0 Å². The number of aromatic nitrogens is 1. The molecule has 3 rings (SSSR count). The Labute approximate surface area is 190 Å². The number of rotatable bonds is 6. The molecule has 0 aliphatic carbocycles. The highest BCUT2D eigenvalue weighted by Gasteiger charge is 2.14. The smallest absolute Gasteiger partial charge is 0.329 e. The van der Waals surface area contributed by atoms with E-state index in [-0.39, 0.29) is 0 Å². The van der Waals surface area contributed by atoms with Crippen LogP contribution in [-0.4, -0.2) is 36.8 Å². The van der Waals surface area contributed by atoms with Crippen LogP contribution < -0.4 is 20.2 Å². The van der Waals surface area contributed by atoms with Crippen molar-refractivity contribution in [3.63, 3.8) is 0 Å². The van der Waals surface area contributed by atoms with Crippen molar-refractivity contribution in [3.8, 4) is 17.2 Å². The number of nitrogens with one attached hydrogen (secondary N) is 2. The first-order chi connectivity index (χ1) is 15.3. The van der Waals surface area contributed by atoms with Crippen LogP contribution in [0.3, 0.4) is 0 Å². The average molecular weight is 455 g/mol. The lowest BCUT2D eigenvalue weighted by molar-refractivity contribution is -0.136. The van der Waals surface area contributed by atoms with Gasteiger partial charge in [-0.15, -0.1) is 0 Å². The van der Waals surface area contributed by atoms with Crippen LogP contribution in [0.2, 0.25) is 5.02 Å². The number of hydrazone groups is 1. The molecule has 0 spiro atoms. The normalized spacial score (nSPS) is 10.8. The Morgan fingerprint density at radius 1 is 1.03 bits per heavy atom. The molecule has 0 aliphatic rings. The van der Waals surface area contributed by atoms with Crippen molar-refractivity contribution >= 4 is 35.3 Å². The molecule has 1 heterocycles. The molecule has 3 aromatic rings. The highest BCUT2D eigenvalue weighted by Crippen LogP contribution is 2.29. The molecule has 0 bridgehead atoms. The summed E-state index contributed by atoms with van der Waals surface area (Å²) in [5.41, 5.74) is 6.17. The number of anilines is 1. The van der Waals surface area contributed by atoms with Crippen molar-refractivity contribution < 1.29 is 19.1 Å². The van der Waals surface area contributed by atoms with Crippen LogP contribution in [0.15, 0.2) is 53.6 Å². The summed E-state index contributed by atoms with van der Waals surface area (Å²) in [6.07, 6.45) is 1.49. The molecular formula is C23H23ClN4O4. The zero-order chi connectivity index (χ0) is 23.3. The maximum Gasteiger partial charge on any atom is 0.329 e. The van der Waals surface area contributed by atoms with Gasteiger partial charge in [0.25, 0.3) is 0 Å². The van der Waals surface area contributed by atoms with Crippen molar-refractivity contribution in [1.82, 2.24) is 9.99 Å². The minimum atomic E-state index is -0.889. The number of methoxy groups -OCH3 is 2. The lowest BCUT2D eigenvalue weighted by Gasteiger charge is -2.11. The molecular weight excluding hydrogens is 432 g/mol. The zero-order valence-corrected chi connectivity index (χ0v) is 18.9. The third-order valence-electron chi connectivity index (χ3n) is 4.77. The van der Waals surface area contributed by atoms with Gasteiger partial charge in [0.2, 0.25) is 0 Å². The number of carbonyl (C=O) groups is 2. The average Bonchev–Trinajstić information content (AvgIpc) is 3.06. The predicted octanol–water partition coefficient (Wildman–Crippen LogP) is 3.85. The van der Waals surface area contributed by atoms with Gasteiger partial charge in [0.1, 0.15) is 11.5 Å². The molecule has 0 aliphatic heterocycles. The number of hydrogen-bond donors (Lipinski definition) is 2. The SMILES string of the molecule is COc1cccc(NC(=O)C(=O)N/N=C\c2cc(C)n(-c3ccc(OC)c(Cl)c3)c2C)c1. The fraction of sp³-hybridized carbons (Fsp3) is 0.174. The molecule has 32 heavy (non-hydrogen) atoms. The van der Waals surface area contributed by atoms with E-state index >= 15 is 0 Å². The van der Waals surface area contributed by atoms with Crippen molar-refractivity contribution in [3.05, 3.63) is 70.5 Å². The Kier molecular flexibility index (Phi) is 7.17. The highest BCUT2D eigenvalue weighted by atomic mass is 35.5. The number of benzene rings is 2. The number of carbonyl (C=O) groups excluding carboxylic acids is 2.